The molecule has 1 fully saturated rings. The molecule has 1 heterocycles. The molecular formula is C13H17NO4S. The number of hydrogen-bond donors (Lipinski definition) is 1. The summed E-state index contributed by atoms with van der Waals surface area (Å²) in [5.41, 5.74) is 0.925. The number of hydrogen-bond acceptors (Lipinski definition) is 4. The molecule has 5 nitrogen and oxygen atoms in total. The van der Waals surface area contributed by atoms with Gasteiger partial charge in [-0.15, -0.1) is 0 Å². The molecule has 0 radical (unpaired) electrons. The van der Waals surface area contributed by atoms with E-state index in [1.165, 1.54) is 0 Å². The predicted octanol–water partition coefficient (Wildman–Crippen LogP) is 0.746. The van der Waals surface area contributed by atoms with Crippen molar-refractivity contribution in [3.8, 4) is 5.75 Å². The Balaban J connectivity index is 1.90. The van der Waals surface area contributed by atoms with Gasteiger partial charge in [-0.05, 0) is 24.1 Å². The van der Waals surface area contributed by atoms with Crippen molar-refractivity contribution < 1.29 is 17.9 Å². The lowest BCUT2D eigenvalue weighted by Crippen LogP contribution is -2.30. The Bertz CT molecular complexity index is 568. The van der Waals surface area contributed by atoms with Crippen molar-refractivity contribution in [3.05, 3.63) is 29.8 Å². The van der Waals surface area contributed by atoms with E-state index in [4.69, 9.17) is 4.74 Å². The van der Waals surface area contributed by atoms with Crippen molar-refractivity contribution in [3.63, 3.8) is 0 Å². The second-order valence-electron chi connectivity index (χ2n) is 4.67. The van der Waals surface area contributed by atoms with Gasteiger partial charge in [0.25, 0.3) is 0 Å². The van der Waals surface area contributed by atoms with Gasteiger partial charge in [0.05, 0.1) is 24.5 Å². The summed E-state index contributed by atoms with van der Waals surface area (Å²) in [6.07, 6.45) is 0.423. The van der Waals surface area contributed by atoms with Crippen LogP contribution in [0.4, 0.5) is 0 Å². The lowest BCUT2D eigenvalue weighted by Gasteiger charge is -2.10. The zero-order valence-corrected chi connectivity index (χ0v) is 11.6. The summed E-state index contributed by atoms with van der Waals surface area (Å²) in [7, 11) is -1.43. The summed E-state index contributed by atoms with van der Waals surface area (Å²) >= 11 is 0. The summed E-state index contributed by atoms with van der Waals surface area (Å²) in [6, 6.07) is 7.40. The van der Waals surface area contributed by atoms with E-state index in [9.17, 15) is 13.2 Å². The highest BCUT2D eigenvalue weighted by atomic mass is 32.2. The lowest BCUT2D eigenvalue weighted by atomic mass is 10.1. The SMILES string of the molecule is COc1cccc(CNC(=O)C2CCS(=O)(=O)C2)c1. The number of carbonyl (C=O) groups excluding carboxylic acids is 1. The fraction of sp³-hybridized carbons (Fsp3) is 0.462. The summed E-state index contributed by atoms with van der Waals surface area (Å²) in [5.74, 6) is 0.218. The normalized spacial score (nSPS) is 21.0. The van der Waals surface area contributed by atoms with Gasteiger partial charge in [0, 0.05) is 6.54 Å². The van der Waals surface area contributed by atoms with Gasteiger partial charge >= 0.3 is 0 Å². The van der Waals surface area contributed by atoms with Crippen LogP contribution < -0.4 is 10.1 Å². The van der Waals surface area contributed by atoms with E-state index in [2.05, 4.69) is 5.32 Å². The number of carbonyl (C=O) groups is 1. The first kappa shape index (κ1) is 13.9. The van der Waals surface area contributed by atoms with Gasteiger partial charge in [0.15, 0.2) is 9.84 Å². The molecular weight excluding hydrogens is 266 g/mol. The van der Waals surface area contributed by atoms with Gasteiger partial charge in [0.1, 0.15) is 5.75 Å². The Hall–Kier alpha value is -1.56. The first-order valence-electron chi connectivity index (χ1n) is 6.11. The fourth-order valence-electron chi connectivity index (χ4n) is 2.12. The van der Waals surface area contributed by atoms with Crippen molar-refractivity contribution in [1.82, 2.24) is 5.32 Å². The molecule has 0 saturated carbocycles. The van der Waals surface area contributed by atoms with Gasteiger partial charge in [-0.1, -0.05) is 12.1 Å². The fourth-order valence-corrected chi connectivity index (χ4v) is 3.86. The molecule has 0 bridgehead atoms. The second kappa shape index (κ2) is 5.61. The van der Waals surface area contributed by atoms with E-state index in [-0.39, 0.29) is 17.4 Å². The zero-order valence-electron chi connectivity index (χ0n) is 10.8. The maximum atomic E-state index is 11.9. The van der Waals surface area contributed by atoms with Crippen LogP contribution in [0.5, 0.6) is 5.75 Å². The third-order valence-electron chi connectivity index (χ3n) is 3.20. The third kappa shape index (κ3) is 3.70. The van der Waals surface area contributed by atoms with Crippen molar-refractivity contribution in [1.29, 1.82) is 0 Å². The Labute approximate surface area is 112 Å². The molecule has 104 valence electrons. The van der Waals surface area contributed by atoms with Gasteiger partial charge in [-0.2, -0.15) is 0 Å². The molecule has 0 spiro atoms. The van der Waals surface area contributed by atoms with E-state index >= 15 is 0 Å². The van der Waals surface area contributed by atoms with Crippen LogP contribution in [0.2, 0.25) is 0 Å². The van der Waals surface area contributed by atoms with Crippen LogP contribution >= 0.6 is 0 Å². The van der Waals surface area contributed by atoms with Crippen LogP contribution in [0.15, 0.2) is 24.3 Å². The highest BCUT2D eigenvalue weighted by molar-refractivity contribution is 7.91. The first-order valence-corrected chi connectivity index (χ1v) is 7.93. The van der Waals surface area contributed by atoms with Crippen LogP contribution in [0, 0.1) is 5.92 Å². The van der Waals surface area contributed by atoms with Gasteiger partial charge in [-0.3, -0.25) is 4.79 Å². The van der Waals surface area contributed by atoms with Crippen molar-refractivity contribution in [2.75, 3.05) is 18.6 Å². The van der Waals surface area contributed by atoms with Gasteiger partial charge < -0.3 is 10.1 Å². The number of nitrogens with one attached hydrogen (secondary N) is 1. The molecule has 0 aliphatic carbocycles. The molecule has 1 unspecified atom stereocenters. The van der Waals surface area contributed by atoms with E-state index in [0.29, 0.717) is 13.0 Å². The zero-order chi connectivity index (χ0) is 13.9. The average molecular weight is 283 g/mol. The molecule has 1 amide bonds. The largest absolute Gasteiger partial charge is 0.497 e. The summed E-state index contributed by atoms with van der Waals surface area (Å²) in [4.78, 5) is 11.9. The van der Waals surface area contributed by atoms with Crippen LogP contribution in [0.25, 0.3) is 0 Å². The maximum Gasteiger partial charge on any atom is 0.224 e. The highest BCUT2D eigenvalue weighted by Crippen LogP contribution is 2.19. The van der Waals surface area contributed by atoms with Gasteiger partial charge in [0.2, 0.25) is 5.91 Å². The van der Waals surface area contributed by atoms with E-state index in [0.717, 1.165) is 11.3 Å². The topological polar surface area (TPSA) is 72.5 Å². The molecule has 1 atom stereocenters. The number of methoxy groups -OCH3 is 1. The number of amides is 1. The minimum absolute atomic E-state index is 0.0308. The van der Waals surface area contributed by atoms with Crippen molar-refractivity contribution >= 4 is 15.7 Å². The Morgan fingerprint density at radius 3 is 2.89 bits per heavy atom. The maximum absolute atomic E-state index is 11.9. The summed E-state index contributed by atoms with van der Waals surface area (Å²) < 4.78 is 27.7. The molecule has 1 saturated heterocycles. The lowest BCUT2D eigenvalue weighted by molar-refractivity contribution is -0.124. The Morgan fingerprint density at radius 2 is 2.26 bits per heavy atom. The predicted molar refractivity (Wildman–Crippen MR) is 71.6 cm³/mol. The van der Waals surface area contributed by atoms with E-state index in [1.54, 1.807) is 7.11 Å². The second-order valence-corrected chi connectivity index (χ2v) is 6.90. The molecule has 1 aromatic carbocycles. The standard InChI is InChI=1S/C13H17NO4S/c1-18-12-4-2-3-10(7-12)8-14-13(15)11-5-6-19(16,17)9-11/h2-4,7,11H,5-6,8-9H2,1H3,(H,14,15). The molecule has 1 aliphatic heterocycles. The smallest absolute Gasteiger partial charge is 0.224 e. The van der Waals surface area contributed by atoms with Crippen molar-refractivity contribution in [2.24, 2.45) is 5.92 Å². The third-order valence-corrected chi connectivity index (χ3v) is 4.97. The molecule has 6 heteroatoms. The van der Waals surface area contributed by atoms with Crippen LogP contribution in [0.1, 0.15) is 12.0 Å². The van der Waals surface area contributed by atoms with E-state index in [1.807, 2.05) is 24.3 Å². The molecule has 0 aromatic heterocycles. The molecule has 1 aromatic rings. The van der Waals surface area contributed by atoms with Gasteiger partial charge in [-0.25, -0.2) is 8.42 Å². The number of benzene rings is 1. The molecule has 2 rings (SSSR count). The monoisotopic (exact) mass is 283 g/mol. The van der Waals surface area contributed by atoms with Crippen LogP contribution in [-0.4, -0.2) is 32.9 Å². The summed E-state index contributed by atoms with van der Waals surface area (Å²) in [5, 5.41) is 2.77. The molecule has 1 N–H and O–H groups in total. The van der Waals surface area contributed by atoms with Crippen LogP contribution in [-0.2, 0) is 21.2 Å². The molecule has 19 heavy (non-hydrogen) atoms. The Kier molecular flexibility index (Phi) is 4.09. The molecule has 1 aliphatic rings. The number of rotatable bonds is 4. The average Bonchev–Trinajstić information content (AvgIpc) is 2.76. The highest BCUT2D eigenvalue weighted by Gasteiger charge is 2.32. The summed E-state index contributed by atoms with van der Waals surface area (Å²) in [6.45, 7) is 0.382. The quantitative estimate of drug-likeness (QED) is 0.885. The number of ether oxygens (including phenoxy) is 1. The van der Waals surface area contributed by atoms with E-state index < -0.39 is 15.8 Å². The minimum Gasteiger partial charge on any atom is -0.497 e. The van der Waals surface area contributed by atoms with Crippen molar-refractivity contribution in [2.45, 2.75) is 13.0 Å². The number of sulfone groups is 1. The van der Waals surface area contributed by atoms with Crippen LogP contribution in [0.3, 0.4) is 0 Å². The first-order chi connectivity index (χ1) is 9.00. The Morgan fingerprint density at radius 1 is 1.47 bits per heavy atom. The minimum atomic E-state index is -3.01.